The van der Waals surface area contributed by atoms with Crippen molar-refractivity contribution in [3.05, 3.63) is 11.8 Å². The standard InChI is InChI=1S/C9H15N3O/c1-7-11-12-9(13-7)6-10-5-8-3-2-4-8/h8,10H,2-6H2,1H3. The minimum atomic E-state index is 0.639. The molecule has 1 fully saturated rings. The van der Waals surface area contributed by atoms with Gasteiger partial charge in [-0.3, -0.25) is 0 Å². The highest BCUT2D eigenvalue weighted by Gasteiger charge is 2.16. The van der Waals surface area contributed by atoms with Gasteiger partial charge in [0, 0.05) is 6.92 Å². The lowest BCUT2D eigenvalue weighted by atomic mass is 9.85. The van der Waals surface area contributed by atoms with Crippen LogP contribution in [0.3, 0.4) is 0 Å². The average molecular weight is 181 g/mol. The molecular formula is C9H15N3O. The second kappa shape index (κ2) is 3.87. The third kappa shape index (κ3) is 2.28. The second-order valence-corrected chi connectivity index (χ2v) is 3.64. The molecule has 1 aromatic heterocycles. The number of nitrogens with one attached hydrogen (secondary N) is 1. The first-order valence-electron chi connectivity index (χ1n) is 4.84. The van der Waals surface area contributed by atoms with Crippen LogP contribution in [0.2, 0.25) is 0 Å². The van der Waals surface area contributed by atoms with Crippen LogP contribution >= 0.6 is 0 Å². The molecule has 0 spiro atoms. The molecule has 1 aliphatic rings. The molecule has 1 N–H and O–H groups in total. The van der Waals surface area contributed by atoms with Gasteiger partial charge in [0.25, 0.3) is 0 Å². The van der Waals surface area contributed by atoms with Crippen molar-refractivity contribution in [3.63, 3.8) is 0 Å². The molecule has 2 rings (SSSR count). The maximum Gasteiger partial charge on any atom is 0.230 e. The maximum atomic E-state index is 5.23. The van der Waals surface area contributed by atoms with Gasteiger partial charge in [-0.1, -0.05) is 6.42 Å². The Labute approximate surface area is 77.7 Å². The second-order valence-electron chi connectivity index (χ2n) is 3.64. The molecule has 1 aliphatic carbocycles. The van der Waals surface area contributed by atoms with Gasteiger partial charge in [-0.25, -0.2) is 0 Å². The summed E-state index contributed by atoms with van der Waals surface area (Å²) in [4.78, 5) is 0. The van der Waals surface area contributed by atoms with Crippen molar-refractivity contribution in [2.75, 3.05) is 6.54 Å². The van der Waals surface area contributed by atoms with Crippen LogP contribution in [0.25, 0.3) is 0 Å². The lowest BCUT2D eigenvalue weighted by Crippen LogP contribution is -2.26. The molecule has 1 heterocycles. The van der Waals surface area contributed by atoms with Crippen LogP contribution in [0, 0.1) is 12.8 Å². The van der Waals surface area contributed by atoms with Gasteiger partial charge in [-0.15, -0.1) is 10.2 Å². The fourth-order valence-electron chi connectivity index (χ4n) is 1.49. The summed E-state index contributed by atoms with van der Waals surface area (Å²) in [7, 11) is 0. The van der Waals surface area contributed by atoms with Gasteiger partial charge in [0.15, 0.2) is 0 Å². The zero-order valence-electron chi connectivity index (χ0n) is 7.92. The topological polar surface area (TPSA) is 51.0 Å². The van der Waals surface area contributed by atoms with E-state index in [1.165, 1.54) is 19.3 Å². The van der Waals surface area contributed by atoms with Crippen LogP contribution in [0.1, 0.15) is 31.0 Å². The molecule has 0 aliphatic heterocycles. The van der Waals surface area contributed by atoms with E-state index in [0.717, 1.165) is 12.5 Å². The van der Waals surface area contributed by atoms with Crippen molar-refractivity contribution in [2.45, 2.75) is 32.7 Å². The molecule has 4 nitrogen and oxygen atoms in total. The minimum Gasteiger partial charge on any atom is -0.424 e. The summed E-state index contributed by atoms with van der Waals surface area (Å²) in [5, 5.41) is 11.0. The van der Waals surface area contributed by atoms with Crippen molar-refractivity contribution >= 4 is 0 Å². The lowest BCUT2D eigenvalue weighted by molar-refractivity contribution is 0.296. The number of nitrogens with zero attached hydrogens (tertiary/aromatic N) is 2. The Balaban J connectivity index is 1.67. The molecule has 72 valence electrons. The number of aromatic nitrogens is 2. The fourth-order valence-corrected chi connectivity index (χ4v) is 1.49. The highest BCUT2D eigenvalue weighted by atomic mass is 16.4. The highest BCUT2D eigenvalue weighted by Crippen LogP contribution is 2.25. The summed E-state index contributed by atoms with van der Waals surface area (Å²) >= 11 is 0. The number of hydrogen-bond donors (Lipinski definition) is 1. The smallest absolute Gasteiger partial charge is 0.230 e. The van der Waals surface area contributed by atoms with Gasteiger partial charge in [-0.2, -0.15) is 0 Å². The predicted molar refractivity (Wildman–Crippen MR) is 48.1 cm³/mol. The van der Waals surface area contributed by atoms with Crippen molar-refractivity contribution < 1.29 is 4.42 Å². The monoisotopic (exact) mass is 181 g/mol. The van der Waals surface area contributed by atoms with Gasteiger partial charge in [0.2, 0.25) is 11.8 Å². The maximum absolute atomic E-state index is 5.23. The van der Waals surface area contributed by atoms with Crippen LogP contribution in [-0.2, 0) is 6.54 Å². The summed E-state index contributed by atoms with van der Waals surface area (Å²) in [6.07, 6.45) is 4.14. The molecular weight excluding hydrogens is 166 g/mol. The Bertz CT molecular complexity index is 268. The average Bonchev–Trinajstić information content (AvgIpc) is 2.42. The Morgan fingerprint density at radius 2 is 2.31 bits per heavy atom. The normalized spacial score (nSPS) is 17.3. The Hall–Kier alpha value is -0.900. The SMILES string of the molecule is Cc1nnc(CNCC2CCC2)o1. The summed E-state index contributed by atoms with van der Waals surface area (Å²) in [5.74, 6) is 2.21. The third-order valence-corrected chi connectivity index (χ3v) is 2.50. The van der Waals surface area contributed by atoms with Gasteiger partial charge in [0.05, 0.1) is 6.54 Å². The Morgan fingerprint density at radius 3 is 2.85 bits per heavy atom. The van der Waals surface area contributed by atoms with Crippen molar-refractivity contribution in [2.24, 2.45) is 5.92 Å². The molecule has 1 aromatic rings. The quantitative estimate of drug-likeness (QED) is 0.760. The summed E-state index contributed by atoms with van der Waals surface area (Å²) < 4.78 is 5.23. The predicted octanol–water partition coefficient (Wildman–Crippen LogP) is 1.27. The molecule has 13 heavy (non-hydrogen) atoms. The van der Waals surface area contributed by atoms with Crippen molar-refractivity contribution in [1.82, 2.24) is 15.5 Å². The van der Waals surface area contributed by atoms with E-state index in [2.05, 4.69) is 15.5 Å². The summed E-state index contributed by atoms with van der Waals surface area (Å²) in [6, 6.07) is 0. The first-order valence-corrected chi connectivity index (χ1v) is 4.84. The van der Waals surface area contributed by atoms with E-state index >= 15 is 0 Å². The van der Waals surface area contributed by atoms with E-state index in [1.54, 1.807) is 0 Å². The highest BCUT2D eigenvalue weighted by molar-refractivity contribution is 4.79. The van der Waals surface area contributed by atoms with Gasteiger partial charge in [0.1, 0.15) is 0 Å². The first-order chi connectivity index (χ1) is 6.34. The minimum absolute atomic E-state index is 0.639. The molecule has 0 unspecified atom stereocenters. The van der Waals surface area contributed by atoms with Gasteiger partial charge in [-0.05, 0) is 25.3 Å². The van der Waals surface area contributed by atoms with E-state index in [-0.39, 0.29) is 0 Å². The summed E-state index contributed by atoms with van der Waals surface area (Å²) in [5.41, 5.74) is 0. The molecule has 0 bridgehead atoms. The van der Waals surface area contributed by atoms with Crippen LogP contribution in [-0.4, -0.2) is 16.7 Å². The number of hydrogen-bond acceptors (Lipinski definition) is 4. The third-order valence-electron chi connectivity index (χ3n) is 2.50. The van der Waals surface area contributed by atoms with E-state index in [4.69, 9.17) is 4.42 Å². The Kier molecular flexibility index (Phi) is 2.59. The molecule has 4 heteroatoms. The lowest BCUT2D eigenvalue weighted by Gasteiger charge is -2.25. The first kappa shape index (κ1) is 8.69. The van der Waals surface area contributed by atoms with Crippen LogP contribution in [0.15, 0.2) is 4.42 Å². The van der Waals surface area contributed by atoms with Gasteiger partial charge >= 0.3 is 0 Å². The number of rotatable bonds is 4. The zero-order chi connectivity index (χ0) is 9.10. The van der Waals surface area contributed by atoms with E-state index in [9.17, 15) is 0 Å². The fraction of sp³-hybridized carbons (Fsp3) is 0.778. The van der Waals surface area contributed by atoms with Gasteiger partial charge < -0.3 is 9.73 Å². The molecule has 1 saturated carbocycles. The van der Waals surface area contributed by atoms with E-state index < -0.39 is 0 Å². The van der Waals surface area contributed by atoms with Crippen molar-refractivity contribution in [1.29, 1.82) is 0 Å². The van der Waals surface area contributed by atoms with Crippen LogP contribution in [0.4, 0.5) is 0 Å². The zero-order valence-corrected chi connectivity index (χ0v) is 7.92. The van der Waals surface area contributed by atoms with E-state index in [1.807, 2.05) is 6.92 Å². The molecule has 0 saturated heterocycles. The summed E-state index contributed by atoms with van der Waals surface area (Å²) in [6.45, 7) is 3.60. The Morgan fingerprint density at radius 1 is 1.46 bits per heavy atom. The van der Waals surface area contributed by atoms with Crippen molar-refractivity contribution in [3.8, 4) is 0 Å². The molecule has 0 atom stereocenters. The van der Waals surface area contributed by atoms with Crippen LogP contribution in [0.5, 0.6) is 0 Å². The molecule has 0 radical (unpaired) electrons. The van der Waals surface area contributed by atoms with Crippen LogP contribution < -0.4 is 5.32 Å². The number of aryl methyl sites for hydroxylation is 1. The van der Waals surface area contributed by atoms with E-state index in [0.29, 0.717) is 18.3 Å². The molecule has 0 aromatic carbocycles. The largest absolute Gasteiger partial charge is 0.424 e. The molecule has 0 amide bonds.